The lowest BCUT2D eigenvalue weighted by molar-refractivity contribution is -0.384. The first-order chi connectivity index (χ1) is 16.4. The van der Waals surface area contributed by atoms with E-state index in [1.54, 1.807) is 37.3 Å². The van der Waals surface area contributed by atoms with Gasteiger partial charge in [-0.2, -0.15) is 15.1 Å². The molecule has 2 aliphatic heterocycles. The van der Waals surface area contributed by atoms with Gasteiger partial charge >= 0.3 is 0 Å². The van der Waals surface area contributed by atoms with E-state index in [1.807, 2.05) is 0 Å². The fourth-order valence-electron chi connectivity index (χ4n) is 3.34. The van der Waals surface area contributed by atoms with Crippen molar-refractivity contribution in [3.63, 3.8) is 0 Å². The largest absolute Gasteiger partial charge is 0.494 e. The molecule has 0 bridgehead atoms. The number of aliphatic imine (C=N–C) groups is 1. The van der Waals surface area contributed by atoms with Crippen LogP contribution in [0.4, 0.5) is 5.69 Å². The third kappa shape index (κ3) is 3.79. The standard InChI is InChI=1S/C22H15N5O6S/c1-2-31-12-5-7-14(16(11-12)27(29)30)17-8-6-13(33-17)10-15-19(23)26-22(24-20(15)28)34-21(25-26)18-4-3-9-32-18/h3-11,23H,2H2,1H3/b15-10+,23-19?. The van der Waals surface area contributed by atoms with Crippen molar-refractivity contribution in [1.29, 1.82) is 5.41 Å². The summed E-state index contributed by atoms with van der Waals surface area (Å²) < 4.78 is 16.4. The van der Waals surface area contributed by atoms with Crippen LogP contribution in [0.25, 0.3) is 17.4 Å². The molecule has 0 fully saturated rings. The van der Waals surface area contributed by atoms with Gasteiger partial charge in [-0.25, -0.2) is 0 Å². The minimum Gasteiger partial charge on any atom is -0.494 e. The van der Waals surface area contributed by atoms with Crippen molar-refractivity contribution in [2.45, 2.75) is 6.92 Å². The highest BCUT2D eigenvalue weighted by Gasteiger charge is 2.37. The smallest absolute Gasteiger partial charge is 0.284 e. The molecule has 2 aromatic heterocycles. The van der Waals surface area contributed by atoms with E-state index >= 15 is 0 Å². The van der Waals surface area contributed by atoms with Crippen LogP contribution in [0, 0.1) is 15.5 Å². The molecule has 170 valence electrons. The molecule has 0 radical (unpaired) electrons. The van der Waals surface area contributed by atoms with E-state index in [2.05, 4.69) is 10.1 Å². The van der Waals surface area contributed by atoms with E-state index in [9.17, 15) is 14.9 Å². The van der Waals surface area contributed by atoms with Crippen molar-refractivity contribution in [3.05, 3.63) is 75.9 Å². The summed E-state index contributed by atoms with van der Waals surface area (Å²) in [5, 5.41) is 26.3. The van der Waals surface area contributed by atoms with Gasteiger partial charge in [-0.1, -0.05) is 0 Å². The fraction of sp³-hybridized carbons (Fsp3) is 0.0909. The van der Waals surface area contributed by atoms with E-state index in [-0.39, 0.29) is 39.3 Å². The summed E-state index contributed by atoms with van der Waals surface area (Å²) in [6.45, 7) is 2.16. The fourth-order valence-corrected chi connectivity index (χ4v) is 4.20. The predicted molar refractivity (Wildman–Crippen MR) is 125 cm³/mol. The van der Waals surface area contributed by atoms with Gasteiger partial charge in [0.25, 0.3) is 11.6 Å². The SMILES string of the molecule is CCOc1ccc(-c2ccc(/C=C3\C(=N)N4N=C(c5ccco5)SC4=NC3=O)o2)c([N+](=O)[O-])c1. The number of benzene rings is 1. The van der Waals surface area contributed by atoms with E-state index < -0.39 is 10.8 Å². The second kappa shape index (κ2) is 8.48. The molecule has 12 heteroatoms. The second-order valence-electron chi connectivity index (χ2n) is 6.97. The number of nitro groups is 1. The quantitative estimate of drug-likeness (QED) is 0.310. The maximum atomic E-state index is 12.6. The summed E-state index contributed by atoms with van der Waals surface area (Å²) >= 11 is 1.12. The van der Waals surface area contributed by atoms with Gasteiger partial charge in [0, 0.05) is 0 Å². The first-order valence-electron chi connectivity index (χ1n) is 10.00. The molecular formula is C22H15N5O6S. The molecular weight excluding hydrogens is 462 g/mol. The summed E-state index contributed by atoms with van der Waals surface area (Å²) in [4.78, 5) is 27.7. The third-order valence-electron chi connectivity index (χ3n) is 4.84. The van der Waals surface area contributed by atoms with Gasteiger partial charge in [0.1, 0.15) is 17.3 Å². The van der Waals surface area contributed by atoms with Crippen LogP contribution < -0.4 is 4.74 Å². The van der Waals surface area contributed by atoms with Gasteiger partial charge in [-0.3, -0.25) is 20.3 Å². The molecule has 0 saturated heterocycles. The molecule has 0 unspecified atom stereocenters. The minimum absolute atomic E-state index is 0.0316. The Balaban J connectivity index is 1.45. The summed E-state index contributed by atoms with van der Waals surface area (Å²) in [5.41, 5.74) is 0.0482. The number of nitrogens with zero attached hydrogens (tertiary/aromatic N) is 4. The number of hydrogen-bond donors (Lipinski definition) is 1. The van der Waals surface area contributed by atoms with Gasteiger partial charge in [0.15, 0.2) is 16.6 Å². The number of thioether (sulfide) groups is 1. The molecule has 1 amide bonds. The number of rotatable bonds is 6. The molecule has 34 heavy (non-hydrogen) atoms. The van der Waals surface area contributed by atoms with E-state index in [0.29, 0.717) is 23.2 Å². The van der Waals surface area contributed by atoms with Crippen LogP contribution in [0.1, 0.15) is 18.4 Å². The Morgan fingerprint density at radius 2 is 2.12 bits per heavy atom. The first-order valence-corrected chi connectivity index (χ1v) is 10.8. The average Bonchev–Trinajstić information content (AvgIpc) is 3.57. The number of nitrogens with one attached hydrogen (secondary N) is 1. The minimum atomic E-state index is -0.621. The summed E-state index contributed by atoms with van der Waals surface area (Å²) in [6, 6.07) is 11.0. The number of hydrogen-bond acceptors (Lipinski definition) is 9. The normalized spacial score (nSPS) is 16.5. The maximum Gasteiger partial charge on any atom is 0.284 e. The summed E-state index contributed by atoms with van der Waals surface area (Å²) in [6.07, 6.45) is 2.86. The van der Waals surface area contributed by atoms with Crippen molar-refractivity contribution < 1.29 is 23.3 Å². The number of amidine groups is 2. The Hall–Kier alpha value is -4.45. The molecule has 0 spiro atoms. The van der Waals surface area contributed by atoms with Gasteiger partial charge in [-0.05, 0) is 61.2 Å². The number of fused-ring (bicyclic) bond motifs is 1. The number of carbonyl (C=O) groups excluding carboxylic acids is 1. The number of ether oxygens (including phenoxy) is 1. The van der Waals surface area contributed by atoms with Crippen LogP contribution in [-0.2, 0) is 4.79 Å². The number of hydrazone groups is 1. The highest BCUT2D eigenvalue weighted by atomic mass is 32.2. The Kier molecular flexibility index (Phi) is 5.34. The molecule has 4 heterocycles. The van der Waals surface area contributed by atoms with Crippen molar-refractivity contribution in [1.82, 2.24) is 5.01 Å². The molecule has 0 aliphatic carbocycles. The lowest BCUT2D eigenvalue weighted by Crippen LogP contribution is -2.35. The molecule has 5 rings (SSSR count). The monoisotopic (exact) mass is 477 g/mol. The Bertz CT molecular complexity index is 1420. The molecule has 3 aromatic rings. The average molecular weight is 477 g/mol. The third-order valence-corrected chi connectivity index (χ3v) is 5.77. The maximum absolute atomic E-state index is 12.6. The van der Waals surface area contributed by atoms with E-state index in [4.69, 9.17) is 19.0 Å². The molecule has 2 aliphatic rings. The van der Waals surface area contributed by atoms with Crippen LogP contribution in [0.3, 0.4) is 0 Å². The lowest BCUT2D eigenvalue weighted by atomic mass is 10.1. The lowest BCUT2D eigenvalue weighted by Gasteiger charge is -2.19. The second-order valence-corrected chi connectivity index (χ2v) is 7.93. The number of furan rings is 2. The topological polar surface area (TPSA) is 148 Å². The van der Waals surface area contributed by atoms with Gasteiger partial charge in [0.05, 0.1) is 35.0 Å². The van der Waals surface area contributed by atoms with E-state index in [1.165, 1.54) is 29.5 Å². The van der Waals surface area contributed by atoms with Crippen LogP contribution in [0.15, 0.2) is 73.2 Å². The molecule has 1 N–H and O–H groups in total. The molecule has 11 nitrogen and oxygen atoms in total. The number of nitro benzene ring substituents is 1. The Labute approximate surface area is 196 Å². The number of amides is 1. The van der Waals surface area contributed by atoms with Crippen LogP contribution in [-0.4, -0.2) is 38.5 Å². The first kappa shape index (κ1) is 21.4. The summed E-state index contributed by atoms with van der Waals surface area (Å²) in [5.74, 6) is 0.543. The highest BCUT2D eigenvalue weighted by Crippen LogP contribution is 2.35. The van der Waals surface area contributed by atoms with Crippen LogP contribution in [0.2, 0.25) is 0 Å². The van der Waals surface area contributed by atoms with Gasteiger partial charge < -0.3 is 13.6 Å². The van der Waals surface area contributed by atoms with E-state index in [0.717, 1.165) is 11.8 Å². The van der Waals surface area contributed by atoms with Gasteiger partial charge in [0.2, 0.25) is 5.17 Å². The van der Waals surface area contributed by atoms with Crippen LogP contribution >= 0.6 is 11.8 Å². The van der Waals surface area contributed by atoms with Crippen molar-refractivity contribution >= 4 is 45.5 Å². The van der Waals surface area contributed by atoms with Crippen molar-refractivity contribution in [3.8, 4) is 17.1 Å². The zero-order valence-electron chi connectivity index (χ0n) is 17.5. The van der Waals surface area contributed by atoms with Crippen LogP contribution in [0.5, 0.6) is 5.75 Å². The molecule has 0 saturated carbocycles. The molecule has 0 atom stereocenters. The Morgan fingerprint density at radius 1 is 1.26 bits per heavy atom. The van der Waals surface area contributed by atoms with Crippen molar-refractivity contribution in [2.24, 2.45) is 10.1 Å². The number of carbonyl (C=O) groups is 1. The predicted octanol–water partition coefficient (Wildman–Crippen LogP) is 4.51. The highest BCUT2D eigenvalue weighted by molar-refractivity contribution is 8.27. The van der Waals surface area contributed by atoms with Crippen molar-refractivity contribution in [2.75, 3.05) is 6.61 Å². The molecule has 1 aromatic carbocycles. The summed E-state index contributed by atoms with van der Waals surface area (Å²) in [7, 11) is 0. The zero-order valence-corrected chi connectivity index (χ0v) is 18.4. The Morgan fingerprint density at radius 3 is 2.85 bits per heavy atom. The zero-order chi connectivity index (χ0) is 23.8. The van der Waals surface area contributed by atoms with Gasteiger partial charge in [-0.15, -0.1) is 0 Å².